The van der Waals surface area contributed by atoms with E-state index in [1.807, 2.05) is 12.1 Å². The summed E-state index contributed by atoms with van der Waals surface area (Å²) in [6, 6.07) is 7.15. The van der Waals surface area contributed by atoms with E-state index in [4.69, 9.17) is 4.74 Å². The third-order valence-electron chi connectivity index (χ3n) is 2.03. The van der Waals surface area contributed by atoms with Crippen LogP contribution in [0.2, 0.25) is 0 Å². The number of amides is 1. The van der Waals surface area contributed by atoms with Crippen LogP contribution in [0.4, 0.5) is 5.95 Å². The summed E-state index contributed by atoms with van der Waals surface area (Å²) < 4.78 is 6.23. The molecule has 0 unspecified atom stereocenters. The molecule has 2 rings (SSSR count). The number of carbonyl (C=O) groups is 1. The molecule has 19 heavy (non-hydrogen) atoms. The van der Waals surface area contributed by atoms with Crippen LogP contribution in [0.5, 0.6) is 5.75 Å². The Balaban J connectivity index is 1.84. The Morgan fingerprint density at radius 2 is 2.21 bits per heavy atom. The number of halogens is 1. The number of anilines is 1. The lowest BCUT2D eigenvalue weighted by atomic mass is 10.3. The maximum Gasteiger partial charge on any atom is 0.270 e. The number of benzene rings is 1. The molecule has 0 radical (unpaired) electrons. The van der Waals surface area contributed by atoms with Gasteiger partial charge in [0.25, 0.3) is 11.9 Å². The second-order valence-electron chi connectivity index (χ2n) is 3.41. The largest absolute Gasteiger partial charge is 0.484 e. The SMILES string of the molecule is C=Cn1nnc(NC(=O)COc2ccc(Br)cc2)n1. The number of carbonyl (C=O) groups excluding carboxylic acids is 1. The van der Waals surface area contributed by atoms with Crippen LogP contribution in [0.1, 0.15) is 0 Å². The van der Waals surface area contributed by atoms with Gasteiger partial charge in [-0.1, -0.05) is 27.6 Å². The van der Waals surface area contributed by atoms with Crippen molar-refractivity contribution >= 4 is 34.0 Å². The quantitative estimate of drug-likeness (QED) is 0.902. The van der Waals surface area contributed by atoms with E-state index in [0.717, 1.165) is 9.27 Å². The minimum absolute atomic E-state index is 0.101. The Bertz CT molecular complexity index is 581. The molecule has 2 aromatic rings. The molecule has 1 amide bonds. The molecule has 1 aromatic carbocycles. The van der Waals surface area contributed by atoms with E-state index in [1.165, 1.54) is 6.20 Å². The highest BCUT2D eigenvalue weighted by Gasteiger charge is 2.07. The first-order chi connectivity index (χ1) is 9.17. The van der Waals surface area contributed by atoms with Crippen LogP contribution < -0.4 is 10.1 Å². The summed E-state index contributed by atoms with van der Waals surface area (Å²) in [6.07, 6.45) is 1.36. The van der Waals surface area contributed by atoms with Crippen LogP contribution in [0, 0.1) is 0 Å². The fourth-order valence-corrected chi connectivity index (χ4v) is 1.46. The van der Waals surface area contributed by atoms with Crippen molar-refractivity contribution in [1.29, 1.82) is 0 Å². The van der Waals surface area contributed by atoms with Crippen molar-refractivity contribution < 1.29 is 9.53 Å². The lowest BCUT2D eigenvalue weighted by molar-refractivity contribution is -0.118. The predicted octanol–water partition coefficient (Wildman–Crippen LogP) is 1.55. The van der Waals surface area contributed by atoms with Gasteiger partial charge in [0, 0.05) is 10.7 Å². The van der Waals surface area contributed by atoms with Gasteiger partial charge in [0.2, 0.25) is 0 Å². The Morgan fingerprint density at radius 3 is 2.84 bits per heavy atom. The fourth-order valence-electron chi connectivity index (χ4n) is 1.19. The molecule has 0 aliphatic carbocycles. The third kappa shape index (κ3) is 3.88. The topological polar surface area (TPSA) is 81.9 Å². The zero-order chi connectivity index (χ0) is 13.7. The Morgan fingerprint density at radius 1 is 1.47 bits per heavy atom. The number of aromatic nitrogens is 4. The summed E-state index contributed by atoms with van der Waals surface area (Å²) in [4.78, 5) is 12.7. The van der Waals surface area contributed by atoms with Crippen LogP contribution in [0.25, 0.3) is 6.20 Å². The average Bonchev–Trinajstić information content (AvgIpc) is 2.86. The first-order valence-electron chi connectivity index (χ1n) is 5.27. The molecular weight excluding hydrogens is 314 g/mol. The van der Waals surface area contributed by atoms with Crippen LogP contribution >= 0.6 is 15.9 Å². The van der Waals surface area contributed by atoms with Gasteiger partial charge in [-0.2, -0.15) is 0 Å². The molecule has 0 aliphatic rings. The first kappa shape index (κ1) is 13.2. The minimum Gasteiger partial charge on any atom is -0.484 e. The highest BCUT2D eigenvalue weighted by atomic mass is 79.9. The van der Waals surface area contributed by atoms with Crippen LogP contribution in [-0.4, -0.2) is 32.7 Å². The molecule has 7 nitrogen and oxygen atoms in total. The van der Waals surface area contributed by atoms with E-state index < -0.39 is 0 Å². The molecule has 98 valence electrons. The van der Waals surface area contributed by atoms with Crippen LogP contribution in [-0.2, 0) is 4.79 Å². The summed E-state index contributed by atoms with van der Waals surface area (Å²) in [5.74, 6) is 0.330. The van der Waals surface area contributed by atoms with E-state index in [2.05, 4.69) is 43.2 Å². The number of nitrogens with zero attached hydrogens (tertiary/aromatic N) is 4. The second-order valence-corrected chi connectivity index (χ2v) is 4.32. The van der Waals surface area contributed by atoms with Crippen molar-refractivity contribution in [3.05, 3.63) is 35.3 Å². The van der Waals surface area contributed by atoms with Gasteiger partial charge in [-0.15, -0.1) is 9.90 Å². The highest BCUT2D eigenvalue weighted by Crippen LogP contribution is 2.15. The predicted molar refractivity (Wildman–Crippen MR) is 72.5 cm³/mol. The maximum absolute atomic E-state index is 11.6. The van der Waals surface area contributed by atoms with E-state index in [0.29, 0.717) is 5.75 Å². The van der Waals surface area contributed by atoms with Gasteiger partial charge in [-0.25, -0.2) is 0 Å². The summed E-state index contributed by atoms with van der Waals surface area (Å²) >= 11 is 3.31. The van der Waals surface area contributed by atoms with E-state index in [1.54, 1.807) is 12.1 Å². The number of nitrogens with one attached hydrogen (secondary N) is 1. The molecule has 0 fully saturated rings. The van der Waals surface area contributed by atoms with Crippen molar-refractivity contribution in [2.75, 3.05) is 11.9 Å². The third-order valence-corrected chi connectivity index (χ3v) is 2.56. The number of tetrazole rings is 1. The minimum atomic E-state index is -0.369. The van der Waals surface area contributed by atoms with Gasteiger partial charge < -0.3 is 4.74 Å². The van der Waals surface area contributed by atoms with Crippen molar-refractivity contribution in [3.63, 3.8) is 0 Å². The molecular formula is C11H10BrN5O2. The van der Waals surface area contributed by atoms with Gasteiger partial charge in [-0.3, -0.25) is 10.1 Å². The summed E-state index contributed by atoms with van der Waals surface area (Å²) in [7, 11) is 0. The summed E-state index contributed by atoms with van der Waals surface area (Å²) in [5.41, 5.74) is 0. The zero-order valence-electron chi connectivity index (χ0n) is 9.78. The van der Waals surface area contributed by atoms with Gasteiger partial charge in [0.1, 0.15) is 5.75 Å². The standard InChI is InChI=1S/C11H10BrN5O2/c1-2-17-15-11(14-16-17)13-10(18)7-19-9-5-3-8(12)4-6-9/h2-6H,1,7H2,(H,13,15,18). The van der Waals surface area contributed by atoms with Crippen molar-refractivity contribution in [1.82, 2.24) is 20.2 Å². The lowest BCUT2D eigenvalue weighted by Crippen LogP contribution is -2.20. The van der Waals surface area contributed by atoms with E-state index >= 15 is 0 Å². The Labute approximate surface area is 117 Å². The molecule has 1 heterocycles. The van der Waals surface area contributed by atoms with Crippen LogP contribution in [0.15, 0.2) is 35.3 Å². The Hall–Kier alpha value is -2.22. The van der Waals surface area contributed by atoms with Crippen molar-refractivity contribution in [2.24, 2.45) is 0 Å². The molecule has 0 saturated heterocycles. The highest BCUT2D eigenvalue weighted by molar-refractivity contribution is 9.10. The van der Waals surface area contributed by atoms with Crippen molar-refractivity contribution in [3.8, 4) is 5.75 Å². The molecule has 0 aliphatic heterocycles. The molecule has 0 bridgehead atoms. The molecule has 0 saturated carbocycles. The smallest absolute Gasteiger partial charge is 0.270 e. The summed E-state index contributed by atoms with van der Waals surface area (Å²) in [6.45, 7) is 3.33. The van der Waals surface area contributed by atoms with Gasteiger partial charge in [0.15, 0.2) is 6.61 Å². The number of rotatable bonds is 5. The second kappa shape index (κ2) is 6.10. The van der Waals surface area contributed by atoms with Crippen molar-refractivity contribution in [2.45, 2.75) is 0 Å². The molecule has 1 aromatic heterocycles. The number of ether oxygens (including phenoxy) is 1. The van der Waals surface area contributed by atoms with Gasteiger partial charge in [0.05, 0.1) is 0 Å². The van der Waals surface area contributed by atoms with Crippen LogP contribution in [0.3, 0.4) is 0 Å². The Kier molecular flexibility index (Phi) is 4.24. The molecule has 1 N–H and O–H groups in total. The van der Waals surface area contributed by atoms with E-state index in [-0.39, 0.29) is 18.5 Å². The maximum atomic E-state index is 11.6. The number of hydrogen-bond acceptors (Lipinski definition) is 5. The molecule has 0 spiro atoms. The van der Waals surface area contributed by atoms with Gasteiger partial charge >= 0.3 is 0 Å². The van der Waals surface area contributed by atoms with Gasteiger partial charge in [-0.05, 0) is 29.5 Å². The fraction of sp³-hybridized carbons (Fsp3) is 0.0909. The molecule has 0 atom stereocenters. The van der Waals surface area contributed by atoms with E-state index in [9.17, 15) is 4.79 Å². The monoisotopic (exact) mass is 323 g/mol. The summed E-state index contributed by atoms with van der Waals surface area (Å²) in [5, 5.41) is 13.5. The number of hydrogen-bond donors (Lipinski definition) is 1. The zero-order valence-corrected chi connectivity index (χ0v) is 11.4. The first-order valence-corrected chi connectivity index (χ1v) is 6.07. The average molecular weight is 324 g/mol. The lowest BCUT2D eigenvalue weighted by Gasteiger charge is -2.05. The normalized spacial score (nSPS) is 9.95. The molecule has 8 heteroatoms.